The van der Waals surface area contributed by atoms with E-state index in [1.807, 2.05) is 60.7 Å². The largest absolute Gasteiger partial charge is 0.379 e. The molecule has 200 valence electrons. The molecule has 1 amide bonds. The highest BCUT2D eigenvalue weighted by Crippen LogP contribution is 2.30. The summed E-state index contributed by atoms with van der Waals surface area (Å²) in [5.74, 6) is 0.357. The highest BCUT2D eigenvalue weighted by molar-refractivity contribution is 6.04. The van der Waals surface area contributed by atoms with Crippen LogP contribution in [0.1, 0.15) is 15.9 Å². The number of carbonyl (C=O) groups excluding carboxylic acids is 1. The number of benzene rings is 3. The quantitative estimate of drug-likeness (QED) is 0.247. The molecular weight excluding hydrogens is 502 g/mol. The summed E-state index contributed by atoms with van der Waals surface area (Å²) in [7, 11) is 0. The van der Waals surface area contributed by atoms with Crippen LogP contribution in [0.25, 0.3) is 22.5 Å². The van der Waals surface area contributed by atoms with Crippen LogP contribution in [0.15, 0.2) is 97.3 Å². The average Bonchev–Trinajstić information content (AvgIpc) is 3.49. The zero-order valence-corrected chi connectivity index (χ0v) is 21.9. The number of morpholine rings is 1. The molecule has 3 heterocycles. The Balaban J connectivity index is 1.16. The van der Waals surface area contributed by atoms with Crippen LogP contribution in [-0.4, -0.2) is 57.3 Å². The topological polar surface area (TPSA) is 108 Å². The van der Waals surface area contributed by atoms with E-state index in [2.05, 4.69) is 42.8 Å². The van der Waals surface area contributed by atoms with Gasteiger partial charge in [-0.3, -0.25) is 14.8 Å². The van der Waals surface area contributed by atoms with Crippen LogP contribution < -0.4 is 10.6 Å². The second kappa shape index (κ2) is 11.9. The summed E-state index contributed by atoms with van der Waals surface area (Å²) in [6.07, 6.45) is 3.50. The standard InChI is InChI=1S/C31H29N7O2/c39-30(24-6-2-1-3-7-24)34-25-11-9-23(10-12-25)29-27(20-33-37-29)28-13-14-32-31(36-28)35-26-8-4-5-22(19-26)21-38-15-17-40-18-16-38/h1-14,19-20H,15-18,21H2,(H,33,37)(H,34,39)(H,32,35,36). The van der Waals surface area contributed by atoms with E-state index >= 15 is 0 Å². The third kappa shape index (κ3) is 6.06. The summed E-state index contributed by atoms with van der Waals surface area (Å²) in [5, 5.41) is 13.6. The Hall–Kier alpha value is -4.86. The summed E-state index contributed by atoms with van der Waals surface area (Å²) in [6, 6.07) is 27.0. The molecule has 0 radical (unpaired) electrons. The van der Waals surface area contributed by atoms with E-state index < -0.39 is 0 Å². The first-order valence-electron chi connectivity index (χ1n) is 13.2. The highest BCUT2D eigenvalue weighted by atomic mass is 16.5. The van der Waals surface area contributed by atoms with Gasteiger partial charge in [0, 0.05) is 53.9 Å². The summed E-state index contributed by atoms with van der Waals surface area (Å²) >= 11 is 0. The van der Waals surface area contributed by atoms with Gasteiger partial charge in [-0.15, -0.1) is 0 Å². The number of nitrogens with zero attached hydrogens (tertiary/aromatic N) is 4. The molecule has 1 aliphatic heterocycles. The Morgan fingerprint density at radius 3 is 2.58 bits per heavy atom. The van der Waals surface area contributed by atoms with E-state index in [1.54, 1.807) is 24.5 Å². The molecule has 0 atom stereocenters. The number of hydrogen-bond donors (Lipinski definition) is 3. The minimum atomic E-state index is -0.150. The van der Waals surface area contributed by atoms with Gasteiger partial charge in [0.1, 0.15) is 0 Å². The van der Waals surface area contributed by atoms with E-state index in [-0.39, 0.29) is 5.91 Å². The van der Waals surface area contributed by atoms with Crippen LogP contribution in [0.5, 0.6) is 0 Å². The molecule has 9 heteroatoms. The van der Waals surface area contributed by atoms with E-state index in [4.69, 9.17) is 9.72 Å². The molecule has 3 aromatic carbocycles. The molecule has 1 fully saturated rings. The smallest absolute Gasteiger partial charge is 0.255 e. The normalized spacial score (nSPS) is 13.6. The Morgan fingerprint density at radius 1 is 0.925 bits per heavy atom. The maximum atomic E-state index is 12.5. The van der Waals surface area contributed by atoms with Crippen LogP contribution in [0.2, 0.25) is 0 Å². The van der Waals surface area contributed by atoms with Gasteiger partial charge in [0.25, 0.3) is 5.91 Å². The number of nitrogens with one attached hydrogen (secondary N) is 3. The van der Waals surface area contributed by atoms with Crippen molar-refractivity contribution in [3.63, 3.8) is 0 Å². The number of rotatable bonds is 8. The summed E-state index contributed by atoms with van der Waals surface area (Å²) in [4.78, 5) is 24.1. The van der Waals surface area contributed by atoms with Crippen LogP contribution >= 0.6 is 0 Å². The van der Waals surface area contributed by atoms with Gasteiger partial charge in [-0.05, 0) is 48.0 Å². The highest BCUT2D eigenvalue weighted by Gasteiger charge is 2.14. The molecule has 0 aliphatic carbocycles. The first kappa shape index (κ1) is 25.4. The van der Waals surface area contributed by atoms with Crippen molar-refractivity contribution in [3.8, 4) is 22.5 Å². The zero-order chi connectivity index (χ0) is 27.1. The molecule has 0 saturated carbocycles. The number of hydrogen-bond acceptors (Lipinski definition) is 7. The summed E-state index contributed by atoms with van der Waals surface area (Å²) in [6.45, 7) is 4.34. The molecular formula is C31H29N7O2. The molecule has 40 heavy (non-hydrogen) atoms. The third-order valence-corrected chi connectivity index (χ3v) is 6.73. The van der Waals surface area contributed by atoms with Gasteiger partial charge in [-0.25, -0.2) is 9.97 Å². The third-order valence-electron chi connectivity index (χ3n) is 6.73. The molecule has 5 aromatic rings. The fourth-order valence-electron chi connectivity index (χ4n) is 4.68. The first-order chi connectivity index (χ1) is 19.7. The number of aromatic nitrogens is 4. The van der Waals surface area contributed by atoms with Gasteiger partial charge in [0.15, 0.2) is 0 Å². The fourth-order valence-corrected chi connectivity index (χ4v) is 4.68. The van der Waals surface area contributed by atoms with Crippen LogP contribution in [0, 0.1) is 0 Å². The Bertz CT molecular complexity index is 1580. The average molecular weight is 532 g/mol. The van der Waals surface area contributed by atoms with Crippen molar-refractivity contribution < 1.29 is 9.53 Å². The van der Waals surface area contributed by atoms with Gasteiger partial charge in [0.05, 0.1) is 30.8 Å². The molecule has 6 rings (SSSR count). The van der Waals surface area contributed by atoms with E-state index in [1.165, 1.54) is 5.56 Å². The molecule has 0 unspecified atom stereocenters. The maximum Gasteiger partial charge on any atom is 0.255 e. The second-order valence-electron chi connectivity index (χ2n) is 9.54. The SMILES string of the molecule is O=C(Nc1ccc(-c2[nH]ncc2-c2ccnc(Nc3cccc(CN4CCOCC4)c3)n2)cc1)c1ccccc1. The van der Waals surface area contributed by atoms with Gasteiger partial charge < -0.3 is 15.4 Å². The Morgan fingerprint density at radius 2 is 1.75 bits per heavy atom. The van der Waals surface area contributed by atoms with Crippen molar-refractivity contribution >= 4 is 23.2 Å². The number of anilines is 3. The van der Waals surface area contributed by atoms with Crippen molar-refractivity contribution in [2.75, 3.05) is 36.9 Å². The number of ether oxygens (including phenoxy) is 1. The molecule has 9 nitrogen and oxygen atoms in total. The fraction of sp³-hybridized carbons (Fsp3) is 0.161. The molecule has 3 N–H and O–H groups in total. The van der Waals surface area contributed by atoms with Crippen LogP contribution in [0.4, 0.5) is 17.3 Å². The Labute approximate surface area is 232 Å². The summed E-state index contributed by atoms with van der Waals surface area (Å²) < 4.78 is 5.46. The lowest BCUT2D eigenvalue weighted by atomic mass is 10.1. The van der Waals surface area contributed by atoms with Crippen LogP contribution in [-0.2, 0) is 11.3 Å². The number of H-pyrrole nitrogens is 1. The van der Waals surface area contributed by atoms with Gasteiger partial charge in [-0.1, -0.05) is 42.5 Å². The first-order valence-corrected chi connectivity index (χ1v) is 13.2. The van der Waals surface area contributed by atoms with E-state index in [0.717, 1.165) is 61.1 Å². The molecule has 1 saturated heterocycles. The lowest BCUT2D eigenvalue weighted by molar-refractivity contribution is 0.0342. The Kier molecular flexibility index (Phi) is 7.56. The van der Waals surface area contributed by atoms with Crippen molar-refractivity contribution in [3.05, 3.63) is 108 Å². The van der Waals surface area contributed by atoms with Gasteiger partial charge >= 0.3 is 0 Å². The van der Waals surface area contributed by atoms with Crippen molar-refractivity contribution in [1.29, 1.82) is 0 Å². The number of amides is 1. The lowest BCUT2D eigenvalue weighted by Crippen LogP contribution is -2.35. The number of aromatic amines is 1. The summed E-state index contributed by atoms with van der Waals surface area (Å²) in [5.41, 5.74) is 6.83. The van der Waals surface area contributed by atoms with Crippen molar-refractivity contribution in [2.45, 2.75) is 6.54 Å². The monoisotopic (exact) mass is 531 g/mol. The maximum absolute atomic E-state index is 12.5. The molecule has 0 spiro atoms. The molecule has 1 aliphatic rings. The second-order valence-corrected chi connectivity index (χ2v) is 9.54. The molecule has 2 aromatic heterocycles. The zero-order valence-electron chi connectivity index (χ0n) is 21.9. The lowest BCUT2D eigenvalue weighted by Gasteiger charge is -2.26. The predicted octanol–water partition coefficient (Wildman–Crippen LogP) is 5.36. The van der Waals surface area contributed by atoms with E-state index in [9.17, 15) is 4.79 Å². The van der Waals surface area contributed by atoms with Gasteiger partial charge in [-0.2, -0.15) is 5.10 Å². The van der Waals surface area contributed by atoms with Crippen LogP contribution in [0.3, 0.4) is 0 Å². The predicted molar refractivity (Wildman–Crippen MR) is 155 cm³/mol. The minimum absolute atomic E-state index is 0.150. The van der Waals surface area contributed by atoms with Gasteiger partial charge in [0.2, 0.25) is 5.95 Å². The van der Waals surface area contributed by atoms with E-state index in [0.29, 0.717) is 17.2 Å². The van der Waals surface area contributed by atoms with Crippen molar-refractivity contribution in [2.24, 2.45) is 0 Å². The molecule has 0 bridgehead atoms. The van der Waals surface area contributed by atoms with Crippen molar-refractivity contribution in [1.82, 2.24) is 25.1 Å². The minimum Gasteiger partial charge on any atom is -0.379 e. The number of carbonyl (C=O) groups is 1.